The van der Waals surface area contributed by atoms with E-state index >= 15 is 0 Å². The fourth-order valence-corrected chi connectivity index (χ4v) is 2.84. The lowest BCUT2D eigenvalue weighted by atomic mass is 10.0. The lowest BCUT2D eigenvalue weighted by Gasteiger charge is -2.17. The highest BCUT2D eigenvalue weighted by Crippen LogP contribution is 2.21. The Labute approximate surface area is 122 Å². The highest BCUT2D eigenvalue weighted by Gasteiger charge is 2.12. The van der Waals surface area contributed by atoms with Crippen molar-refractivity contribution in [2.45, 2.75) is 26.2 Å². The molecule has 1 aliphatic heterocycles. The average molecular weight is 285 g/mol. The van der Waals surface area contributed by atoms with E-state index in [1.807, 2.05) is 0 Å². The highest BCUT2D eigenvalue weighted by molar-refractivity contribution is 5.48. The molecule has 5 nitrogen and oxygen atoms in total. The van der Waals surface area contributed by atoms with Gasteiger partial charge in [0.15, 0.2) is 0 Å². The second-order valence-corrected chi connectivity index (χ2v) is 5.55. The summed E-state index contributed by atoms with van der Waals surface area (Å²) in [5, 5.41) is 0. The SMILES string of the molecule is Cc1[nH]c(=O)[nH]c(=O)c1Cc1ccc(N2CCCC2)cc1. The lowest BCUT2D eigenvalue weighted by Crippen LogP contribution is -2.27. The van der Waals surface area contributed by atoms with Crippen LogP contribution < -0.4 is 16.1 Å². The molecular formula is C16H19N3O2. The molecule has 2 heterocycles. The second kappa shape index (κ2) is 5.60. The van der Waals surface area contributed by atoms with Crippen LogP contribution in [-0.2, 0) is 6.42 Å². The Hall–Kier alpha value is -2.30. The van der Waals surface area contributed by atoms with Crippen molar-refractivity contribution in [3.63, 3.8) is 0 Å². The lowest BCUT2D eigenvalue weighted by molar-refractivity contribution is 0.932. The number of aryl methyl sites for hydroxylation is 1. The van der Waals surface area contributed by atoms with Crippen molar-refractivity contribution in [1.82, 2.24) is 9.97 Å². The number of benzene rings is 1. The topological polar surface area (TPSA) is 69.0 Å². The van der Waals surface area contributed by atoms with Crippen LogP contribution in [0, 0.1) is 6.92 Å². The number of aromatic amines is 2. The van der Waals surface area contributed by atoms with E-state index in [2.05, 4.69) is 39.1 Å². The zero-order chi connectivity index (χ0) is 14.8. The minimum Gasteiger partial charge on any atom is -0.372 e. The number of nitrogens with one attached hydrogen (secondary N) is 2. The second-order valence-electron chi connectivity index (χ2n) is 5.55. The molecule has 0 radical (unpaired) electrons. The van der Waals surface area contributed by atoms with Crippen molar-refractivity contribution in [2.75, 3.05) is 18.0 Å². The Bertz CT molecular complexity index is 737. The predicted molar refractivity (Wildman–Crippen MR) is 83.1 cm³/mol. The number of rotatable bonds is 3. The van der Waals surface area contributed by atoms with E-state index < -0.39 is 5.69 Å². The molecule has 1 aromatic heterocycles. The van der Waals surface area contributed by atoms with E-state index in [1.54, 1.807) is 6.92 Å². The van der Waals surface area contributed by atoms with Crippen LogP contribution in [0.5, 0.6) is 0 Å². The molecule has 1 saturated heterocycles. The van der Waals surface area contributed by atoms with Gasteiger partial charge < -0.3 is 9.88 Å². The summed E-state index contributed by atoms with van der Waals surface area (Å²) in [6, 6.07) is 8.32. The quantitative estimate of drug-likeness (QED) is 0.899. The van der Waals surface area contributed by atoms with Gasteiger partial charge in [0.2, 0.25) is 0 Å². The van der Waals surface area contributed by atoms with Crippen LogP contribution in [0.4, 0.5) is 5.69 Å². The first kappa shape index (κ1) is 13.7. The number of anilines is 1. The van der Waals surface area contributed by atoms with Gasteiger partial charge in [0.25, 0.3) is 5.56 Å². The number of nitrogens with zero attached hydrogens (tertiary/aromatic N) is 1. The van der Waals surface area contributed by atoms with Gasteiger partial charge in [-0.05, 0) is 37.5 Å². The first-order valence-electron chi connectivity index (χ1n) is 7.29. The average Bonchev–Trinajstić information content (AvgIpc) is 2.97. The van der Waals surface area contributed by atoms with Crippen molar-refractivity contribution in [3.8, 4) is 0 Å². The third-order valence-electron chi connectivity index (χ3n) is 4.04. The van der Waals surface area contributed by atoms with E-state index in [1.165, 1.54) is 18.5 Å². The Morgan fingerprint density at radius 3 is 2.33 bits per heavy atom. The standard InChI is InChI=1S/C16H19N3O2/c1-11-14(15(20)18-16(21)17-11)10-12-4-6-13(7-5-12)19-8-2-3-9-19/h4-7H,2-3,8-10H2,1H3,(H2,17,18,20,21). The summed E-state index contributed by atoms with van der Waals surface area (Å²) in [5.41, 5.74) is 2.79. The molecule has 0 aliphatic carbocycles. The van der Waals surface area contributed by atoms with Gasteiger partial charge in [0.1, 0.15) is 0 Å². The Morgan fingerprint density at radius 2 is 1.71 bits per heavy atom. The van der Waals surface area contributed by atoms with Crippen molar-refractivity contribution in [3.05, 3.63) is 61.9 Å². The highest BCUT2D eigenvalue weighted by atomic mass is 16.2. The van der Waals surface area contributed by atoms with Gasteiger partial charge in [0, 0.05) is 36.5 Å². The molecule has 1 aromatic carbocycles. The molecule has 1 aliphatic rings. The molecule has 5 heteroatoms. The van der Waals surface area contributed by atoms with Gasteiger partial charge in [-0.25, -0.2) is 4.79 Å². The van der Waals surface area contributed by atoms with Crippen molar-refractivity contribution in [2.24, 2.45) is 0 Å². The molecular weight excluding hydrogens is 266 g/mol. The van der Waals surface area contributed by atoms with Gasteiger partial charge in [-0.2, -0.15) is 0 Å². The number of hydrogen-bond donors (Lipinski definition) is 2. The largest absolute Gasteiger partial charge is 0.372 e. The van der Waals surface area contributed by atoms with Crippen LogP contribution in [0.2, 0.25) is 0 Å². The van der Waals surface area contributed by atoms with Gasteiger partial charge in [-0.1, -0.05) is 12.1 Å². The summed E-state index contributed by atoms with van der Waals surface area (Å²) in [4.78, 5) is 30.3. The van der Waals surface area contributed by atoms with E-state index in [4.69, 9.17) is 0 Å². The molecule has 0 bridgehead atoms. The minimum atomic E-state index is -0.453. The molecule has 2 N–H and O–H groups in total. The molecule has 0 amide bonds. The third kappa shape index (κ3) is 2.91. The van der Waals surface area contributed by atoms with Crippen LogP contribution in [-0.4, -0.2) is 23.1 Å². The number of aromatic nitrogens is 2. The maximum atomic E-state index is 11.9. The predicted octanol–water partition coefficient (Wildman–Crippen LogP) is 1.56. The smallest absolute Gasteiger partial charge is 0.325 e. The molecule has 0 saturated carbocycles. The molecule has 1 fully saturated rings. The van der Waals surface area contributed by atoms with Crippen LogP contribution in [0.3, 0.4) is 0 Å². The summed E-state index contributed by atoms with van der Waals surface area (Å²) in [5.74, 6) is 0. The summed E-state index contributed by atoms with van der Waals surface area (Å²) in [7, 11) is 0. The first-order chi connectivity index (χ1) is 10.1. The fraction of sp³-hybridized carbons (Fsp3) is 0.375. The Morgan fingerprint density at radius 1 is 1.05 bits per heavy atom. The fourth-order valence-electron chi connectivity index (χ4n) is 2.84. The third-order valence-corrected chi connectivity index (χ3v) is 4.04. The molecule has 3 rings (SSSR count). The van der Waals surface area contributed by atoms with E-state index in [9.17, 15) is 9.59 Å². The maximum Gasteiger partial charge on any atom is 0.325 e. The Balaban J connectivity index is 1.82. The van der Waals surface area contributed by atoms with Gasteiger partial charge in [-0.3, -0.25) is 9.78 Å². The molecule has 21 heavy (non-hydrogen) atoms. The van der Waals surface area contributed by atoms with Gasteiger partial charge in [0.05, 0.1) is 0 Å². The van der Waals surface area contributed by atoms with E-state index in [0.717, 1.165) is 18.7 Å². The summed E-state index contributed by atoms with van der Waals surface area (Å²) in [6.45, 7) is 4.00. The molecule has 0 spiro atoms. The minimum absolute atomic E-state index is 0.306. The molecule has 0 unspecified atom stereocenters. The maximum absolute atomic E-state index is 11.9. The first-order valence-corrected chi connectivity index (χ1v) is 7.29. The van der Waals surface area contributed by atoms with Crippen molar-refractivity contribution >= 4 is 5.69 Å². The monoisotopic (exact) mass is 285 g/mol. The molecule has 110 valence electrons. The summed E-state index contributed by atoms with van der Waals surface area (Å²) in [6.07, 6.45) is 3.04. The van der Waals surface area contributed by atoms with Gasteiger partial charge in [-0.15, -0.1) is 0 Å². The summed E-state index contributed by atoms with van der Waals surface area (Å²) < 4.78 is 0. The Kier molecular flexibility index (Phi) is 3.64. The molecule has 2 aromatic rings. The van der Waals surface area contributed by atoms with Crippen molar-refractivity contribution < 1.29 is 0 Å². The summed E-state index contributed by atoms with van der Waals surface area (Å²) >= 11 is 0. The zero-order valence-electron chi connectivity index (χ0n) is 12.1. The van der Waals surface area contributed by atoms with E-state index in [-0.39, 0.29) is 5.56 Å². The number of hydrogen-bond acceptors (Lipinski definition) is 3. The van der Waals surface area contributed by atoms with Crippen LogP contribution in [0.25, 0.3) is 0 Å². The van der Waals surface area contributed by atoms with Crippen molar-refractivity contribution in [1.29, 1.82) is 0 Å². The van der Waals surface area contributed by atoms with Crippen LogP contribution in [0.1, 0.15) is 29.7 Å². The van der Waals surface area contributed by atoms with Crippen LogP contribution >= 0.6 is 0 Å². The molecule has 0 atom stereocenters. The normalized spacial score (nSPS) is 14.6. The zero-order valence-corrected chi connectivity index (χ0v) is 12.1. The van der Waals surface area contributed by atoms with Gasteiger partial charge >= 0.3 is 5.69 Å². The van der Waals surface area contributed by atoms with Crippen LogP contribution in [0.15, 0.2) is 33.9 Å². The number of H-pyrrole nitrogens is 2. The van der Waals surface area contributed by atoms with E-state index in [0.29, 0.717) is 17.7 Å².